The van der Waals surface area contributed by atoms with Crippen molar-refractivity contribution in [1.82, 2.24) is 0 Å². The summed E-state index contributed by atoms with van der Waals surface area (Å²) < 4.78 is 60.3. The van der Waals surface area contributed by atoms with Crippen LogP contribution < -0.4 is 14.8 Å². The van der Waals surface area contributed by atoms with Gasteiger partial charge in [0.1, 0.15) is 5.75 Å². The van der Waals surface area contributed by atoms with Gasteiger partial charge in [0, 0.05) is 11.7 Å². The third-order valence-corrected chi connectivity index (χ3v) is 6.81. The van der Waals surface area contributed by atoms with Crippen molar-refractivity contribution in [1.29, 1.82) is 0 Å². The van der Waals surface area contributed by atoms with Crippen LogP contribution in [0.15, 0.2) is 41.3 Å². The van der Waals surface area contributed by atoms with Crippen LogP contribution in [0.5, 0.6) is 5.75 Å². The van der Waals surface area contributed by atoms with Crippen molar-refractivity contribution >= 4 is 60.5 Å². The minimum atomic E-state index is -3.91. The molecule has 0 saturated carbocycles. The molecule has 11 nitrogen and oxygen atoms in total. The molecule has 2 N–H and O–H groups in total. The van der Waals surface area contributed by atoms with Gasteiger partial charge in [-0.25, -0.2) is 21.6 Å². The molecule has 0 fully saturated rings. The van der Waals surface area contributed by atoms with Crippen molar-refractivity contribution in [2.75, 3.05) is 29.7 Å². The molecule has 0 aromatic heterocycles. The fourth-order valence-corrected chi connectivity index (χ4v) is 4.30. The van der Waals surface area contributed by atoms with Crippen molar-refractivity contribution in [2.45, 2.75) is 31.8 Å². The number of sulfone groups is 1. The third-order valence-electron chi connectivity index (χ3n) is 4.78. The highest BCUT2D eigenvalue weighted by atomic mass is 35.5. The number of carbonyl (C=O) groups excluding carboxylic acids is 3. The van der Waals surface area contributed by atoms with Gasteiger partial charge < -0.3 is 14.8 Å². The van der Waals surface area contributed by atoms with Crippen molar-refractivity contribution < 1.29 is 40.7 Å². The Bertz CT molecular complexity index is 1450. The molecule has 14 heteroatoms. The maximum absolute atomic E-state index is 13.3. The molecule has 0 radical (unpaired) electrons. The Balaban J connectivity index is 2.56. The number of ketones is 1. The zero-order valence-corrected chi connectivity index (χ0v) is 23.3. The summed E-state index contributed by atoms with van der Waals surface area (Å²) in [5, 5.41) is 2.50. The molecule has 1 atom stereocenters. The highest BCUT2D eigenvalue weighted by Gasteiger charge is 2.37. The lowest BCUT2D eigenvalue weighted by molar-refractivity contribution is -0.140. The van der Waals surface area contributed by atoms with E-state index in [1.54, 1.807) is 20.8 Å². The Morgan fingerprint density at radius 3 is 2.08 bits per heavy atom. The highest BCUT2D eigenvalue weighted by molar-refractivity contribution is 7.92. The molecule has 2 aromatic carbocycles. The molecule has 0 heterocycles. The van der Waals surface area contributed by atoms with Gasteiger partial charge in [0.25, 0.3) is 5.91 Å². The van der Waals surface area contributed by atoms with E-state index in [0.717, 1.165) is 30.7 Å². The Labute approximate surface area is 220 Å². The van der Waals surface area contributed by atoms with Crippen molar-refractivity contribution in [3.8, 4) is 5.75 Å². The number of Topliss-reactive ketones (excluding diaryl/α,β-unsaturated/α-hetero) is 1. The average Bonchev–Trinajstić information content (AvgIpc) is 2.76. The first-order valence-corrected chi connectivity index (χ1v) is 14.7. The van der Waals surface area contributed by atoms with Crippen LogP contribution in [-0.2, 0) is 34.2 Å². The summed E-state index contributed by atoms with van der Waals surface area (Å²) in [7, 11) is -6.46. The van der Waals surface area contributed by atoms with E-state index < -0.39 is 49.0 Å². The number of hydrogen-bond acceptors (Lipinski definition) is 9. The number of benzene rings is 2. The predicted octanol–water partition coefficient (Wildman–Crippen LogP) is 2.90. The number of anilines is 2. The SMILES string of the molecule is COC(=O)c1ccc(Cl)c(NC(=O)C(Oc2ccc(S(C)(=O)=O)cc2NS(C)(=O)=O)C(=O)C(C)(C)C)c1. The zero-order chi connectivity index (χ0) is 28.3. The molecule has 0 aliphatic rings. The van der Waals surface area contributed by atoms with Gasteiger partial charge in [-0.1, -0.05) is 32.4 Å². The second-order valence-electron chi connectivity index (χ2n) is 9.09. The van der Waals surface area contributed by atoms with Crippen LogP contribution in [0.25, 0.3) is 0 Å². The summed E-state index contributed by atoms with van der Waals surface area (Å²) in [6, 6.07) is 7.27. The minimum absolute atomic E-state index is 0.00761. The largest absolute Gasteiger partial charge is 0.470 e. The number of halogens is 1. The number of amides is 1. The third kappa shape index (κ3) is 8.17. The van der Waals surface area contributed by atoms with Gasteiger partial charge in [-0.3, -0.25) is 14.3 Å². The monoisotopic (exact) mass is 574 g/mol. The summed E-state index contributed by atoms with van der Waals surface area (Å²) >= 11 is 6.15. The summed E-state index contributed by atoms with van der Waals surface area (Å²) in [6.07, 6.45) is -0.0503. The Hall–Kier alpha value is -3.16. The quantitative estimate of drug-likeness (QED) is 0.338. The fraction of sp³-hybridized carbons (Fsp3) is 0.348. The van der Waals surface area contributed by atoms with Gasteiger partial charge in [-0.15, -0.1) is 0 Å². The first kappa shape index (κ1) is 30.1. The van der Waals surface area contributed by atoms with E-state index in [1.165, 1.54) is 25.3 Å². The smallest absolute Gasteiger partial charge is 0.337 e. The molecule has 202 valence electrons. The van der Waals surface area contributed by atoms with E-state index >= 15 is 0 Å². The lowest BCUT2D eigenvalue weighted by Crippen LogP contribution is -2.45. The molecule has 0 saturated heterocycles. The number of methoxy groups -OCH3 is 1. The van der Waals surface area contributed by atoms with Crippen LogP contribution in [0.4, 0.5) is 11.4 Å². The molecule has 0 bridgehead atoms. The van der Waals surface area contributed by atoms with E-state index in [4.69, 9.17) is 16.3 Å². The summed E-state index contributed by atoms with van der Waals surface area (Å²) in [6.45, 7) is 4.64. The molecule has 37 heavy (non-hydrogen) atoms. The van der Waals surface area contributed by atoms with Crippen LogP contribution >= 0.6 is 11.6 Å². The normalized spacial score (nSPS) is 12.8. The molecule has 0 spiro atoms. The molecule has 0 aliphatic heterocycles. The summed E-state index contributed by atoms with van der Waals surface area (Å²) in [5.74, 6) is -2.61. The van der Waals surface area contributed by atoms with E-state index in [-0.39, 0.29) is 32.6 Å². The van der Waals surface area contributed by atoms with E-state index in [2.05, 4.69) is 14.8 Å². The highest BCUT2D eigenvalue weighted by Crippen LogP contribution is 2.32. The van der Waals surface area contributed by atoms with E-state index in [1.807, 2.05) is 0 Å². The Kier molecular flexibility index (Phi) is 9.00. The maximum Gasteiger partial charge on any atom is 0.337 e. The van der Waals surface area contributed by atoms with Crippen LogP contribution in [0.2, 0.25) is 5.02 Å². The number of hydrogen-bond donors (Lipinski definition) is 2. The van der Waals surface area contributed by atoms with Gasteiger partial charge in [-0.2, -0.15) is 0 Å². The number of rotatable bonds is 9. The number of carbonyl (C=O) groups is 3. The molecular formula is C23H27ClN2O9S2. The number of esters is 1. The molecule has 0 aliphatic carbocycles. The van der Waals surface area contributed by atoms with Crippen LogP contribution in [0.1, 0.15) is 31.1 Å². The van der Waals surface area contributed by atoms with Gasteiger partial charge >= 0.3 is 5.97 Å². The topological polar surface area (TPSA) is 162 Å². The summed E-state index contributed by atoms with van der Waals surface area (Å²) in [4.78, 5) is 38.1. The molecule has 1 unspecified atom stereocenters. The molecule has 2 rings (SSSR count). The van der Waals surface area contributed by atoms with Crippen molar-refractivity contribution in [3.05, 3.63) is 47.0 Å². The van der Waals surface area contributed by atoms with Gasteiger partial charge in [0.15, 0.2) is 15.6 Å². The van der Waals surface area contributed by atoms with Crippen LogP contribution in [-0.4, -0.2) is 60.2 Å². The first-order valence-electron chi connectivity index (χ1n) is 10.5. The lowest BCUT2D eigenvalue weighted by Gasteiger charge is -2.26. The van der Waals surface area contributed by atoms with E-state index in [9.17, 15) is 31.2 Å². The number of sulfonamides is 1. The Morgan fingerprint density at radius 1 is 0.946 bits per heavy atom. The Morgan fingerprint density at radius 2 is 1.57 bits per heavy atom. The van der Waals surface area contributed by atoms with Crippen molar-refractivity contribution in [2.24, 2.45) is 5.41 Å². The maximum atomic E-state index is 13.3. The van der Waals surface area contributed by atoms with Crippen LogP contribution in [0.3, 0.4) is 0 Å². The molecule has 2 aromatic rings. The van der Waals surface area contributed by atoms with Gasteiger partial charge in [-0.05, 0) is 36.4 Å². The zero-order valence-electron chi connectivity index (χ0n) is 20.9. The molecule has 1 amide bonds. The second-order valence-corrected chi connectivity index (χ2v) is 13.3. The van der Waals surface area contributed by atoms with Crippen molar-refractivity contribution in [3.63, 3.8) is 0 Å². The number of nitrogens with one attached hydrogen (secondary N) is 2. The second kappa shape index (κ2) is 11.1. The number of ether oxygens (including phenoxy) is 2. The van der Waals surface area contributed by atoms with Crippen LogP contribution in [0, 0.1) is 5.41 Å². The minimum Gasteiger partial charge on any atom is -0.470 e. The van der Waals surface area contributed by atoms with Gasteiger partial charge in [0.2, 0.25) is 16.1 Å². The van der Waals surface area contributed by atoms with E-state index in [0.29, 0.717) is 0 Å². The van der Waals surface area contributed by atoms with Gasteiger partial charge in [0.05, 0.1) is 40.2 Å². The first-order chi connectivity index (χ1) is 16.8. The fourth-order valence-electron chi connectivity index (χ4n) is 2.93. The summed E-state index contributed by atoms with van der Waals surface area (Å²) in [5.41, 5.74) is -1.31. The predicted molar refractivity (Wildman–Crippen MR) is 138 cm³/mol. The lowest BCUT2D eigenvalue weighted by atomic mass is 9.87. The average molecular weight is 575 g/mol. The molecular weight excluding hydrogens is 548 g/mol. The standard InChI is InChI=1S/C23H27ClN2O9S2/c1-23(2,3)20(27)19(21(28)25-16-11-13(22(29)34-4)7-9-15(16)24)35-18-10-8-14(36(5,30)31)12-17(18)26-37(6,32)33/h7-12,19,26H,1-6H3,(H,25,28).